The van der Waals surface area contributed by atoms with Gasteiger partial charge < -0.3 is 19.8 Å². The molecule has 0 aliphatic rings. The third-order valence-electron chi connectivity index (χ3n) is 4.27. The van der Waals surface area contributed by atoms with Gasteiger partial charge in [-0.25, -0.2) is 0 Å². The molecule has 4 heteroatoms. The van der Waals surface area contributed by atoms with Crippen LogP contribution >= 0.6 is 0 Å². The molecular weight excluding hydrogens is 300 g/mol. The van der Waals surface area contributed by atoms with Gasteiger partial charge in [0.05, 0.1) is 14.2 Å². The Hall–Kier alpha value is -2.46. The minimum Gasteiger partial charge on any atom is -0.493 e. The number of H-pyrrole nitrogens is 1. The van der Waals surface area contributed by atoms with Crippen LogP contribution in [-0.2, 0) is 13.0 Å². The van der Waals surface area contributed by atoms with E-state index < -0.39 is 0 Å². The second-order valence-electron chi connectivity index (χ2n) is 5.98. The van der Waals surface area contributed by atoms with Gasteiger partial charge >= 0.3 is 0 Å². The first-order chi connectivity index (χ1) is 11.7. The molecular formula is C20H24N2O2. The maximum absolute atomic E-state index is 5.34. The third-order valence-corrected chi connectivity index (χ3v) is 4.27. The van der Waals surface area contributed by atoms with Crippen molar-refractivity contribution in [3.05, 3.63) is 59.3 Å². The smallest absolute Gasteiger partial charge is 0.161 e. The summed E-state index contributed by atoms with van der Waals surface area (Å²) >= 11 is 0. The third kappa shape index (κ3) is 3.54. The SMILES string of the molecule is COc1ccc(CNCCc2c[nH]c3cc(C)ccc23)cc1OC. The minimum atomic E-state index is 0.760. The van der Waals surface area contributed by atoms with Crippen LogP contribution in [0, 0.1) is 6.92 Å². The van der Waals surface area contributed by atoms with Crippen LogP contribution in [0.4, 0.5) is 0 Å². The molecule has 0 atom stereocenters. The van der Waals surface area contributed by atoms with Crippen molar-refractivity contribution in [1.29, 1.82) is 0 Å². The molecule has 2 N–H and O–H groups in total. The number of aromatic nitrogens is 1. The van der Waals surface area contributed by atoms with Crippen LogP contribution in [0.1, 0.15) is 16.7 Å². The summed E-state index contributed by atoms with van der Waals surface area (Å²) in [6.45, 7) is 3.85. The van der Waals surface area contributed by atoms with Crippen molar-refractivity contribution in [2.75, 3.05) is 20.8 Å². The van der Waals surface area contributed by atoms with Crippen molar-refractivity contribution in [3.8, 4) is 11.5 Å². The summed E-state index contributed by atoms with van der Waals surface area (Å²) in [6.07, 6.45) is 3.11. The van der Waals surface area contributed by atoms with Gasteiger partial charge in [-0.1, -0.05) is 18.2 Å². The molecule has 0 amide bonds. The zero-order valence-corrected chi connectivity index (χ0v) is 14.5. The summed E-state index contributed by atoms with van der Waals surface area (Å²) in [5, 5.41) is 4.81. The molecule has 0 aliphatic carbocycles. The zero-order chi connectivity index (χ0) is 16.9. The van der Waals surface area contributed by atoms with Gasteiger partial charge in [-0.15, -0.1) is 0 Å². The van der Waals surface area contributed by atoms with Crippen LogP contribution in [0.5, 0.6) is 11.5 Å². The molecule has 0 spiro atoms. The summed E-state index contributed by atoms with van der Waals surface area (Å²) in [7, 11) is 3.31. The lowest BCUT2D eigenvalue weighted by atomic mass is 10.1. The van der Waals surface area contributed by atoms with Crippen molar-refractivity contribution < 1.29 is 9.47 Å². The first-order valence-electron chi connectivity index (χ1n) is 8.19. The fourth-order valence-corrected chi connectivity index (χ4v) is 2.95. The fourth-order valence-electron chi connectivity index (χ4n) is 2.95. The second kappa shape index (κ2) is 7.41. The average molecular weight is 324 g/mol. The Kier molecular flexibility index (Phi) is 5.06. The molecule has 0 saturated carbocycles. The number of aryl methyl sites for hydroxylation is 1. The summed E-state index contributed by atoms with van der Waals surface area (Å²) in [5.74, 6) is 1.53. The standard InChI is InChI=1S/C20H24N2O2/c1-14-4-6-17-16(13-22-18(17)10-14)8-9-21-12-15-5-7-19(23-2)20(11-15)24-3/h4-7,10-11,13,21-22H,8-9,12H2,1-3H3. The number of rotatable bonds is 7. The first-order valence-corrected chi connectivity index (χ1v) is 8.19. The summed E-state index contributed by atoms with van der Waals surface area (Å²) < 4.78 is 10.6. The van der Waals surface area contributed by atoms with Crippen molar-refractivity contribution in [1.82, 2.24) is 10.3 Å². The van der Waals surface area contributed by atoms with Crippen LogP contribution in [0.3, 0.4) is 0 Å². The van der Waals surface area contributed by atoms with E-state index in [9.17, 15) is 0 Å². The van der Waals surface area contributed by atoms with Crippen molar-refractivity contribution >= 4 is 10.9 Å². The molecule has 0 unspecified atom stereocenters. The molecule has 126 valence electrons. The van der Waals surface area contributed by atoms with E-state index in [0.29, 0.717) is 0 Å². The molecule has 0 aliphatic heterocycles. The molecule has 1 heterocycles. The van der Waals surface area contributed by atoms with Gasteiger partial charge in [-0.05, 0) is 54.8 Å². The molecule has 0 bridgehead atoms. The van der Waals surface area contributed by atoms with Gasteiger partial charge in [0.1, 0.15) is 0 Å². The number of ether oxygens (including phenoxy) is 2. The number of hydrogen-bond donors (Lipinski definition) is 2. The minimum absolute atomic E-state index is 0.760. The number of nitrogens with one attached hydrogen (secondary N) is 2. The number of benzene rings is 2. The highest BCUT2D eigenvalue weighted by atomic mass is 16.5. The van der Waals surface area contributed by atoms with E-state index in [2.05, 4.69) is 47.7 Å². The average Bonchev–Trinajstić information content (AvgIpc) is 3.00. The highest BCUT2D eigenvalue weighted by molar-refractivity contribution is 5.83. The van der Waals surface area contributed by atoms with E-state index in [-0.39, 0.29) is 0 Å². The molecule has 0 fully saturated rings. The fraction of sp³-hybridized carbons (Fsp3) is 0.300. The summed E-state index contributed by atoms with van der Waals surface area (Å²) in [6, 6.07) is 12.6. The molecule has 2 aromatic carbocycles. The largest absolute Gasteiger partial charge is 0.493 e. The highest BCUT2D eigenvalue weighted by Crippen LogP contribution is 2.27. The maximum Gasteiger partial charge on any atom is 0.161 e. The van der Waals surface area contributed by atoms with Gasteiger partial charge in [0, 0.05) is 23.6 Å². The second-order valence-corrected chi connectivity index (χ2v) is 5.98. The Morgan fingerprint density at radius 1 is 1.00 bits per heavy atom. The summed E-state index contributed by atoms with van der Waals surface area (Å²) in [4.78, 5) is 3.36. The monoisotopic (exact) mass is 324 g/mol. The van der Waals surface area contributed by atoms with Crippen LogP contribution in [-0.4, -0.2) is 25.7 Å². The lowest BCUT2D eigenvalue weighted by Gasteiger charge is -2.10. The predicted octanol–water partition coefficient (Wildman–Crippen LogP) is 3.83. The Labute approximate surface area is 142 Å². The highest BCUT2D eigenvalue weighted by Gasteiger charge is 2.05. The predicted molar refractivity (Wildman–Crippen MR) is 98.0 cm³/mol. The normalized spacial score (nSPS) is 11.0. The number of hydrogen-bond acceptors (Lipinski definition) is 3. The van der Waals surface area contributed by atoms with E-state index >= 15 is 0 Å². The number of aromatic amines is 1. The lowest BCUT2D eigenvalue weighted by molar-refractivity contribution is 0.354. The van der Waals surface area contributed by atoms with E-state index in [0.717, 1.165) is 31.0 Å². The Morgan fingerprint density at radius 2 is 1.83 bits per heavy atom. The van der Waals surface area contributed by atoms with Gasteiger partial charge in [-0.3, -0.25) is 0 Å². The van der Waals surface area contributed by atoms with E-state index in [1.54, 1.807) is 14.2 Å². The van der Waals surface area contributed by atoms with Crippen LogP contribution in [0.2, 0.25) is 0 Å². The van der Waals surface area contributed by atoms with Crippen molar-refractivity contribution in [3.63, 3.8) is 0 Å². The van der Waals surface area contributed by atoms with Gasteiger partial charge in [0.25, 0.3) is 0 Å². The first kappa shape index (κ1) is 16.4. The molecule has 4 nitrogen and oxygen atoms in total. The molecule has 0 radical (unpaired) electrons. The van der Waals surface area contributed by atoms with Crippen molar-refractivity contribution in [2.45, 2.75) is 19.9 Å². The zero-order valence-electron chi connectivity index (χ0n) is 14.5. The molecule has 0 saturated heterocycles. The van der Waals surface area contributed by atoms with Crippen molar-refractivity contribution in [2.24, 2.45) is 0 Å². The molecule has 3 aromatic rings. The molecule has 24 heavy (non-hydrogen) atoms. The van der Waals surface area contributed by atoms with Gasteiger partial charge in [-0.2, -0.15) is 0 Å². The van der Waals surface area contributed by atoms with Crippen LogP contribution in [0.15, 0.2) is 42.6 Å². The maximum atomic E-state index is 5.34. The van der Waals surface area contributed by atoms with E-state index in [1.807, 2.05) is 12.1 Å². The number of fused-ring (bicyclic) bond motifs is 1. The Balaban J connectivity index is 1.57. The van der Waals surface area contributed by atoms with E-state index in [1.165, 1.54) is 27.6 Å². The topological polar surface area (TPSA) is 46.3 Å². The van der Waals surface area contributed by atoms with Gasteiger partial charge in [0.15, 0.2) is 11.5 Å². The Bertz CT molecular complexity index is 824. The lowest BCUT2D eigenvalue weighted by Crippen LogP contribution is -2.16. The van der Waals surface area contributed by atoms with Crippen LogP contribution < -0.4 is 14.8 Å². The summed E-state index contributed by atoms with van der Waals surface area (Å²) in [5.41, 5.74) is 5.03. The van der Waals surface area contributed by atoms with Crippen LogP contribution in [0.25, 0.3) is 10.9 Å². The molecule has 3 rings (SSSR count). The Morgan fingerprint density at radius 3 is 2.62 bits per heavy atom. The molecule has 1 aromatic heterocycles. The quantitative estimate of drug-likeness (QED) is 0.649. The van der Waals surface area contributed by atoms with Gasteiger partial charge in [0.2, 0.25) is 0 Å². The number of methoxy groups -OCH3 is 2. The van der Waals surface area contributed by atoms with E-state index in [4.69, 9.17) is 9.47 Å².